The smallest absolute Gasteiger partial charge is 0.169 e. The molecule has 1 fully saturated rings. The van der Waals surface area contributed by atoms with E-state index in [2.05, 4.69) is 61.6 Å². The third-order valence-electron chi connectivity index (χ3n) is 6.70. The Hall–Kier alpha value is -2.42. The Labute approximate surface area is 155 Å². The van der Waals surface area contributed by atoms with Crippen LogP contribution in [-0.4, -0.2) is 15.3 Å². The highest BCUT2D eigenvalue weighted by Gasteiger charge is 2.68. The van der Waals surface area contributed by atoms with Crippen LogP contribution in [0.3, 0.4) is 0 Å². The Kier molecular flexibility index (Phi) is 3.80. The standard InChI is InChI=1S/C23H26N2O/c1-22(2)21(23(22,3)4)20(26)18-15-25(19-10-6-5-9-17(18)19)13-11-16-8-7-12-24-14-16/h5-10,12,14-15,21H,11,13H2,1-4H3. The summed E-state index contributed by atoms with van der Waals surface area (Å²) in [5.74, 6) is 0.379. The van der Waals surface area contributed by atoms with Crippen molar-refractivity contribution < 1.29 is 4.79 Å². The maximum absolute atomic E-state index is 13.3. The quantitative estimate of drug-likeness (QED) is 0.599. The fourth-order valence-corrected chi connectivity index (χ4v) is 4.43. The lowest BCUT2D eigenvalue weighted by Crippen LogP contribution is -2.07. The first-order chi connectivity index (χ1) is 12.3. The van der Waals surface area contributed by atoms with E-state index in [1.54, 1.807) is 6.20 Å². The highest BCUT2D eigenvalue weighted by molar-refractivity contribution is 6.11. The number of pyridine rings is 1. The SMILES string of the molecule is CC1(C)C(C(=O)c2cn(CCc3cccnc3)c3ccccc23)C1(C)C. The molecule has 1 aliphatic carbocycles. The lowest BCUT2D eigenvalue weighted by molar-refractivity contribution is 0.0946. The number of para-hydroxylation sites is 1. The molecular weight excluding hydrogens is 320 g/mol. The van der Waals surface area contributed by atoms with Gasteiger partial charge in [0.1, 0.15) is 0 Å². The van der Waals surface area contributed by atoms with Crippen molar-refractivity contribution in [1.29, 1.82) is 0 Å². The topological polar surface area (TPSA) is 34.9 Å². The van der Waals surface area contributed by atoms with Crippen molar-refractivity contribution in [2.24, 2.45) is 16.7 Å². The number of hydrogen-bond acceptors (Lipinski definition) is 2. The molecule has 0 unspecified atom stereocenters. The van der Waals surface area contributed by atoms with E-state index in [1.165, 1.54) is 5.56 Å². The van der Waals surface area contributed by atoms with Gasteiger partial charge in [-0.15, -0.1) is 0 Å². The number of ketones is 1. The van der Waals surface area contributed by atoms with E-state index < -0.39 is 0 Å². The van der Waals surface area contributed by atoms with E-state index in [4.69, 9.17) is 0 Å². The summed E-state index contributed by atoms with van der Waals surface area (Å²) in [5.41, 5.74) is 3.33. The summed E-state index contributed by atoms with van der Waals surface area (Å²) in [7, 11) is 0. The fourth-order valence-electron chi connectivity index (χ4n) is 4.43. The zero-order chi connectivity index (χ0) is 18.5. The number of carbonyl (C=O) groups excluding carboxylic acids is 1. The summed E-state index contributed by atoms with van der Waals surface area (Å²) in [5, 5.41) is 1.07. The van der Waals surface area contributed by atoms with E-state index >= 15 is 0 Å². The molecule has 0 aliphatic heterocycles. The number of carbonyl (C=O) groups is 1. The van der Waals surface area contributed by atoms with Gasteiger partial charge in [0.15, 0.2) is 5.78 Å². The van der Waals surface area contributed by atoms with E-state index in [9.17, 15) is 4.79 Å². The van der Waals surface area contributed by atoms with Crippen molar-refractivity contribution in [1.82, 2.24) is 9.55 Å². The fraction of sp³-hybridized carbons (Fsp3) is 0.391. The molecule has 1 aromatic carbocycles. The number of aryl methyl sites for hydroxylation is 2. The lowest BCUT2D eigenvalue weighted by Gasteiger charge is -2.05. The van der Waals surface area contributed by atoms with Gasteiger partial charge in [-0.3, -0.25) is 9.78 Å². The second-order valence-corrected chi connectivity index (χ2v) is 8.61. The van der Waals surface area contributed by atoms with Crippen LogP contribution in [0.15, 0.2) is 55.0 Å². The molecule has 0 radical (unpaired) electrons. The predicted molar refractivity (Wildman–Crippen MR) is 105 cm³/mol. The van der Waals surface area contributed by atoms with Gasteiger partial charge in [-0.05, 0) is 34.9 Å². The Morgan fingerprint density at radius 2 is 1.81 bits per heavy atom. The minimum absolute atomic E-state index is 0.0585. The highest BCUT2D eigenvalue weighted by atomic mass is 16.1. The maximum atomic E-state index is 13.3. The van der Waals surface area contributed by atoms with Crippen molar-refractivity contribution in [3.63, 3.8) is 0 Å². The van der Waals surface area contributed by atoms with Gasteiger partial charge in [0.25, 0.3) is 0 Å². The lowest BCUT2D eigenvalue weighted by atomic mass is 10.0. The predicted octanol–water partition coefficient (Wildman–Crippen LogP) is 5.14. The highest BCUT2D eigenvalue weighted by Crippen LogP contribution is 2.69. The Balaban J connectivity index is 1.68. The Morgan fingerprint density at radius 1 is 1.08 bits per heavy atom. The normalized spacial score (nSPS) is 18.2. The van der Waals surface area contributed by atoms with Gasteiger partial charge in [-0.1, -0.05) is 52.0 Å². The van der Waals surface area contributed by atoms with Crippen molar-refractivity contribution in [2.75, 3.05) is 0 Å². The summed E-state index contributed by atoms with van der Waals surface area (Å²) in [6.07, 6.45) is 6.67. The van der Waals surface area contributed by atoms with Crippen LogP contribution in [0.2, 0.25) is 0 Å². The van der Waals surface area contributed by atoms with Gasteiger partial charge in [-0.2, -0.15) is 0 Å². The minimum Gasteiger partial charge on any atom is -0.346 e. The second kappa shape index (κ2) is 5.80. The molecule has 2 aromatic heterocycles. The molecule has 1 saturated carbocycles. The molecule has 0 saturated heterocycles. The molecule has 4 rings (SSSR count). The number of benzene rings is 1. The second-order valence-electron chi connectivity index (χ2n) is 8.61. The van der Waals surface area contributed by atoms with Gasteiger partial charge >= 0.3 is 0 Å². The number of hydrogen-bond donors (Lipinski definition) is 0. The first kappa shape index (κ1) is 17.0. The number of nitrogens with zero attached hydrogens (tertiary/aromatic N) is 2. The van der Waals surface area contributed by atoms with Gasteiger partial charge in [0.2, 0.25) is 0 Å². The van der Waals surface area contributed by atoms with Crippen LogP contribution in [0, 0.1) is 16.7 Å². The zero-order valence-corrected chi connectivity index (χ0v) is 16.0. The molecule has 26 heavy (non-hydrogen) atoms. The summed E-state index contributed by atoms with van der Waals surface area (Å²) < 4.78 is 2.22. The zero-order valence-electron chi connectivity index (χ0n) is 16.0. The van der Waals surface area contributed by atoms with Gasteiger partial charge in [0.05, 0.1) is 0 Å². The van der Waals surface area contributed by atoms with Crippen molar-refractivity contribution in [2.45, 2.75) is 40.7 Å². The first-order valence-electron chi connectivity index (χ1n) is 9.35. The monoisotopic (exact) mass is 346 g/mol. The van der Waals surface area contributed by atoms with Crippen LogP contribution in [-0.2, 0) is 13.0 Å². The average molecular weight is 346 g/mol. The van der Waals surface area contributed by atoms with Crippen molar-refractivity contribution >= 4 is 16.7 Å². The number of aromatic nitrogens is 2. The van der Waals surface area contributed by atoms with Gasteiger partial charge in [-0.25, -0.2) is 0 Å². The average Bonchev–Trinajstić information content (AvgIpc) is 2.91. The van der Waals surface area contributed by atoms with E-state index in [0.29, 0.717) is 0 Å². The summed E-state index contributed by atoms with van der Waals surface area (Å²) in [4.78, 5) is 17.5. The molecule has 3 heteroatoms. The molecule has 0 spiro atoms. The molecule has 3 aromatic rings. The third-order valence-corrected chi connectivity index (χ3v) is 6.70. The molecule has 2 heterocycles. The Morgan fingerprint density at radius 3 is 2.46 bits per heavy atom. The maximum Gasteiger partial charge on any atom is 0.169 e. The molecule has 0 amide bonds. The molecule has 0 atom stereocenters. The number of fused-ring (bicyclic) bond motifs is 1. The van der Waals surface area contributed by atoms with Crippen LogP contribution in [0.4, 0.5) is 0 Å². The molecule has 0 bridgehead atoms. The van der Waals surface area contributed by atoms with Crippen LogP contribution in [0.1, 0.15) is 43.6 Å². The van der Waals surface area contributed by atoms with E-state index in [-0.39, 0.29) is 22.5 Å². The molecule has 3 nitrogen and oxygen atoms in total. The number of rotatable bonds is 5. The largest absolute Gasteiger partial charge is 0.346 e. The van der Waals surface area contributed by atoms with Crippen molar-refractivity contribution in [3.8, 4) is 0 Å². The molecule has 134 valence electrons. The molecular formula is C23H26N2O. The van der Waals surface area contributed by atoms with E-state index in [1.807, 2.05) is 24.4 Å². The summed E-state index contributed by atoms with van der Waals surface area (Å²) in [6, 6.07) is 12.3. The number of Topliss-reactive ketones (excluding diaryl/α,β-unsaturated/α-hetero) is 1. The van der Waals surface area contributed by atoms with Crippen LogP contribution >= 0.6 is 0 Å². The Bertz CT molecular complexity index is 952. The van der Waals surface area contributed by atoms with E-state index in [0.717, 1.165) is 29.4 Å². The van der Waals surface area contributed by atoms with Crippen LogP contribution in [0.25, 0.3) is 10.9 Å². The summed E-state index contributed by atoms with van der Waals surface area (Å²) in [6.45, 7) is 9.67. The van der Waals surface area contributed by atoms with Gasteiger partial charge in [0, 0.05) is 47.5 Å². The minimum atomic E-state index is 0.0585. The van der Waals surface area contributed by atoms with Crippen LogP contribution < -0.4 is 0 Å². The van der Waals surface area contributed by atoms with Gasteiger partial charge < -0.3 is 4.57 Å². The van der Waals surface area contributed by atoms with Crippen LogP contribution in [0.5, 0.6) is 0 Å². The first-order valence-corrected chi connectivity index (χ1v) is 9.35. The van der Waals surface area contributed by atoms with Crippen molar-refractivity contribution in [3.05, 3.63) is 66.1 Å². The molecule has 0 N–H and O–H groups in total. The summed E-state index contributed by atoms with van der Waals surface area (Å²) >= 11 is 0. The molecule has 1 aliphatic rings. The third kappa shape index (κ3) is 2.49.